The fraction of sp³-hybridized carbons (Fsp3) is 0.385. The van der Waals surface area contributed by atoms with Gasteiger partial charge in [-0.2, -0.15) is 0 Å². The zero-order valence-corrected chi connectivity index (χ0v) is 10.7. The van der Waals surface area contributed by atoms with Crippen LogP contribution in [0, 0.1) is 0 Å². The molecule has 18 heavy (non-hydrogen) atoms. The molecule has 0 aromatic heterocycles. The summed E-state index contributed by atoms with van der Waals surface area (Å²) in [5, 5.41) is 8.69. The summed E-state index contributed by atoms with van der Waals surface area (Å²) in [6.07, 6.45) is 0. The molecule has 0 amide bonds. The maximum atomic E-state index is 12.1. The van der Waals surface area contributed by atoms with Crippen LogP contribution >= 0.6 is 0 Å². The quantitative estimate of drug-likeness (QED) is 0.771. The Kier molecular flexibility index (Phi) is 4.85. The second-order valence-electron chi connectivity index (χ2n) is 4.08. The number of carboxylic acids is 1. The number of Topliss-reactive ketones (excluding diaryl/α,β-unsaturated/α-hetero) is 1. The first kappa shape index (κ1) is 14.2. The summed E-state index contributed by atoms with van der Waals surface area (Å²) >= 11 is 0. The van der Waals surface area contributed by atoms with E-state index in [1.54, 1.807) is 38.2 Å². The molecule has 0 radical (unpaired) electrons. The predicted molar refractivity (Wildman–Crippen MR) is 67.1 cm³/mol. The monoisotopic (exact) mass is 251 g/mol. The lowest BCUT2D eigenvalue weighted by molar-refractivity contribution is -0.138. The van der Waals surface area contributed by atoms with Gasteiger partial charge in [-0.05, 0) is 26.1 Å². The zero-order valence-electron chi connectivity index (χ0n) is 10.7. The van der Waals surface area contributed by atoms with Crippen molar-refractivity contribution in [2.75, 3.05) is 20.7 Å². The average Bonchev–Trinajstić information content (AvgIpc) is 2.36. The molecule has 0 heterocycles. The van der Waals surface area contributed by atoms with Crippen LogP contribution in [0.25, 0.3) is 0 Å². The van der Waals surface area contributed by atoms with Gasteiger partial charge in [0.15, 0.2) is 5.78 Å². The van der Waals surface area contributed by atoms with Crippen molar-refractivity contribution in [3.8, 4) is 5.75 Å². The van der Waals surface area contributed by atoms with Gasteiger partial charge in [-0.1, -0.05) is 12.1 Å². The Bertz CT molecular complexity index is 444. The molecule has 0 fully saturated rings. The van der Waals surface area contributed by atoms with Crippen molar-refractivity contribution in [2.45, 2.75) is 13.0 Å². The van der Waals surface area contributed by atoms with Crippen LogP contribution in [-0.4, -0.2) is 48.5 Å². The van der Waals surface area contributed by atoms with E-state index >= 15 is 0 Å². The predicted octanol–water partition coefficient (Wildman–Crippen LogP) is 1.28. The molecular weight excluding hydrogens is 234 g/mol. The smallest absolute Gasteiger partial charge is 0.317 e. The number of likely N-dealkylation sites (N-methyl/N-ethyl adjacent to an activating group) is 1. The van der Waals surface area contributed by atoms with Crippen LogP contribution in [0.5, 0.6) is 5.75 Å². The minimum absolute atomic E-state index is 0.127. The summed E-state index contributed by atoms with van der Waals surface area (Å²) < 4.78 is 5.05. The van der Waals surface area contributed by atoms with Gasteiger partial charge in [-0.15, -0.1) is 0 Å². The molecule has 0 aliphatic heterocycles. The lowest BCUT2D eigenvalue weighted by atomic mass is 10.0. The number of rotatable bonds is 6. The third kappa shape index (κ3) is 3.56. The topological polar surface area (TPSA) is 66.8 Å². The van der Waals surface area contributed by atoms with E-state index in [0.29, 0.717) is 11.3 Å². The number of hydrogen-bond acceptors (Lipinski definition) is 4. The molecule has 1 aromatic carbocycles. The van der Waals surface area contributed by atoms with Crippen LogP contribution in [0.3, 0.4) is 0 Å². The van der Waals surface area contributed by atoms with Crippen molar-refractivity contribution in [3.05, 3.63) is 29.8 Å². The Morgan fingerprint density at radius 2 is 2.11 bits per heavy atom. The largest absolute Gasteiger partial charge is 0.497 e. The molecule has 5 nitrogen and oxygen atoms in total. The van der Waals surface area contributed by atoms with Crippen molar-refractivity contribution in [1.29, 1.82) is 0 Å². The summed E-state index contributed by atoms with van der Waals surface area (Å²) in [6.45, 7) is 1.52. The van der Waals surface area contributed by atoms with Gasteiger partial charge in [0.25, 0.3) is 0 Å². The maximum Gasteiger partial charge on any atom is 0.317 e. The number of benzene rings is 1. The Morgan fingerprint density at radius 3 is 2.67 bits per heavy atom. The van der Waals surface area contributed by atoms with Crippen LogP contribution in [-0.2, 0) is 4.79 Å². The molecular formula is C13H17NO4. The highest BCUT2D eigenvalue weighted by Crippen LogP contribution is 2.15. The van der Waals surface area contributed by atoms with E-state index in [4.69, 9.17) is 9.84 Å². The standard InChI is InChI=1S/C13H17NO4/c1-9(14(2)8-12(15)16)13(17)10-5-4-6-11(7-10)18-3/h4-7,9H,8H2,1-3H3,(H,15,16). The van der Waals surface area contributed by atoms with Gasteiger partial charge in [0.2, 0.25) is 0 Å². The normalized spacial score (nSPS) is 12.2. The Labute approximate surface area is 106 Å². The first-order chi connectivity index (χ1) is 8.45. The summed E-state index contributed by atoms with van der Waals surface area (Å²) in [6, 6.07) is 6.33. The van der Waals surface area contributed by atoms with Crippen LogP contribution in [0.2, 0.25) is 0 Å². The first-order valence-corrected chi connectivity index (χ1v) is 5.56. The summed E-state index contributed by atoms with van der Waals surface area (Å²) in [5.41, 5.74) is 0.513. The maximum absolute atomic E-state index is 12.1. The van der Waals surface area contributed by atoms with E-state index in [1.807, 2.05) is 0 Å². The number of aliphatic carboxylic acids is 1. The van der Waals surface area contributed by atoms with Crippen LogP contribution in [0.4, 0.5) is 0 Å². The number of nitrogens with zero attached hydrogens (tertiary/aromatic N) is 1. The average molecular weight is 251 g/mol. The molecule has 0 aliphatic carbocycles. The van der Waals surface area contributed by atoms with Gasteiger partial charge in [0.05, 0.1) is 19.7 Å². The Morgan fingerprint density at radius 1 is 1.44 bits per heavy atom. The second-order valence-corrected chi connectivity index (χ2v) is 4.08. The fourth-order valence-corrected chi connectivity index (χ4v) is 1.57. The van der Waals surface area contributed by atoms with Crippen molar-refractivity contribution >= 4 is 11.8 Å². The molecule has 0 saturated carbocycles. The SMILES string of the molecule is COc1cccc(C(=O)C(C)N(C)CC(=O)O)c1. The van der Waals surface area contributed by atoms with E-state index in [0.717, 1.165) is 0 Å². The number of ketones is 1. The van der Waals surface area contributed by atoms with Gasteiger partial charge < -0.3 is 9.84 Å². The van der Waals surface area contributed by atoms with Crippen molar-refractivity contribution in [1.82, 2.24) is 4.90 Å². The highest BCUT2D eigenvalue weighted by molar-refractivity contribution is 6.00. The number of methoxy groups -OCH3 is 1. The van der Waals surface area contributed by atoms with E-state index in [-0.39, 0.29) is 12.3 Å². The molecule has 1 aromatic rings. The molecule has 1 atom stereocenters. The van der Waals surface area contributed by atoms with E-state index < -0.39 is 12.0 Å². The third-order valence-corrected chi connectivity index (χ3v) is 2.78. The molecule has 1 rings (SSSR count). The minimum atomic E-state index is -0.956. The number of carbonyl (C=O) groups is 2. The number of carbonyl (C=O) groups excluding carboxylic acids is 1. The molecule has 98 valence electrons. The lowest BCUT2D eigenvalue weighted by Crippen LogP contribution is -2.39. The molecule has 0 aliphatic rings. The number of ether oxygens (including phenoxy) is 1. The van der Waals surface area contributed by atoms with Crippen molar-refractivity contribution in [3.63, 3.8) is 0 Å². The zero-order chi connectivity index (χ0) is 13.7. The first-order valence-electron chi connectivity index (χ1n) is 5.56. The summed E-state index contributed by atoms with van der Waals surface area (Å²) in [7, 11) is 3.14. The highest BCUT2D eigenvalue weighted by atomic mass is 16.5. The van der Waals surface area contributed by atoms with E-state index in [2.05, 4.69) is 0 Å². The molecule has 1 N–H and O–H groups in total. The number of hydrogen-bond donors (Lipinski definition) is 1. The Balaban J connectivity index is 2.82. The van der Waals surface area contributed by atoms with Gasteiger partial charge in [-0.25, -0.2) is 0 Å². The van der Waals surface area contributed by atoms with Gasteiger partial charge in [-0.3, -0.25) is 14.5 Å². The summed E-state index contributed by atoms with van der Waals surface area (Å²) in [5.74, 6) is -0.477. The highest BCUT2D eigenvalue weighted by Gasteiger charge is 2.21. The van der Waals surface area contributed by atoms with Crippen molar-refractivity contribution in [2.24, 2.45) is 0 Å². The molecule has 0 bridgehead atoms. The van der Waals surface area contributed by atoms with Crippen molar-refractivity contribution < 1.29 is 19.4 Å². The van der Waals surface area contributed by atoms with Gasteiger partial charge in [0, 0.05) is 5.56 Å². The third-order valence-electron chi connectivity index (χ3n) is 2.78. The molecule has 0 spiro atoms. The molecule has 0 saturated heterocycles. The van der Waals surface area contributed by atoms with Crippen LogP contribution in [0.15, 0.2) is 24.3 Å². The van der Waals surface area contributed by atoms with Gasteiger partial charge in [0.1, 0.15) is 5.75 Å². The fourth-order valence-electron chi connectivity index (χ4n) is 1.57. The van der Waals surface area contributed by atoms with E-state index in [9.17, 15) is 9.59 Å². The molecule has 5 heteroatoms. The lowest BCUT2D eigenvalue weighted by Gasteiger charge is -2.21. The van der Waals surface area contributed by atoms with Crippen LogP contribution < -0.4 is 4.74 Å². The minimum Gasteiger partial charge on any atom is -0.497 e. The van der Waals surface area contributed by atoms with Gasteiger partial charge >= 0.3 is 5.97 Å². The Hall–Kier alpha value is -1.88. The number of carboxylic acid groups (broad SMARTS) is 1. The molecule has 1 unspecified atom stereocenters. The van der Waals surface area contributed by atoms with E-state index in [1.165, 1.54) is 12.0 Å². The van der Waals surface area contributed by atoms with Crippen LogP contribution in [0.1, 0.15) is 17.3 Å². The second kappa shape index (κ2) is 6.16. The summed E-state index contributed by atoms with van der Waals surface area (Å²) in [4.78, 5) is 24.2.